The largest absolute Gasteiger partial charge is 0.0809 e. The summed E-state index contributed by atoms with van der Waals surface area (Å²) in [6, 6.07) is 25.6. The number of hydrogen-bond acceptors (Lipinski definition) is 0. The normalized spacial score (nSPS) is 24.2. The molecule has 0 saturated heterocycles. The highest BCUT2D eigenvalue weighted by atomic mass is 28.3. The standard InChI is InChI=1S/C30H34Si/c1-30(2)27-16-15-26(29(30)20-27)21-31(3,4)28-17-12-22(13-18-28)9-10-23-11-14-24-7-5-6-8-25(24)19-23/h5-8,11-14,17-19,26-27,29H,15-16,20-21H2,1-4H3/t26-,27-,29-/m0/s1. The van der Waals surface area contributed by atoms with Gasteiger partial charge in [0.15, 0.2) is 0 Å². The Kier molecular flexibility index (Phi) is 5.10. The van der Waals surface area contributed by atoms with Gasteiger partial charge in [0.25, 0.3) is 0 Å². The molecule has 2 bridgehead atoms. The van der Waals surface area contributed by atoms with E-state index in [0.717, 1.165) is 28.9 Å². The highest BCUT2D eigenvalue weighted by molar-refractivity contribution is 6.89. The van der Waals surface area contributed by atoms with Crippen molar-refractivity contribution in [1.29, 1.82) is 0 Å². The molecule has 0 nitrogen and oxygen atoms in total. The summed E-state index contributed by atoms with van der Waals surface area (Å²) in [5.74, 6) is 9.63. The van der Waals surface area contributed by atoms with Gasteiger partial charge in [-0.15, -0.1) is 0 Å². The van der Waals surface area contributed by atoms with E-state index in [4.69, 9.17) is 0 Å². The monoisotopic (exact) mass is 422 g/mol. The van der Waals surface area contributed by atoms with Gasteiger partial charge in [-0.1, -0.05) is 98.9 Å². The van der Waals surface area contributed by atoms with Crippen LogP contribution in [-0.4, -0.2) is 8.07 Å². The second kappa shape index (κ2) is 7.68. The molecule has 0 spiro atoms. The van der Waals surface area contributed by atoms with Crippen molar-refractivity contribution in [2.75, 3.05) is 0 Å². The third-order valence-electron chi connectivity index (χ3n) is 8.54. The molecule has 3 saturated carbocycles. The van der Waals surface area contributed by atoms with Crippen molar-refractivity contribution < 1.29 is 0 Å². The fourth-order valence-corrected chi connectivity index (χ4v) is 9.50. The van der Waals surface area contributed by atoms with E-state index < -0.39 is 8.07 Å². The summed E-state index contributed by atoms with van der Waals surface area (Å²) >= 11 is 0. The van der Waals surface area contributed by atoms with Crippen molar-refractivity contribution in [3.05, 3.63) is 77.9 Å². The van der Waals surface area contributed by atoms with Crippen molar-refractivity contribution in [3.63, 3.8) is 0 Å². The van der Waals surface area contributed by atoms with Crippen LogP contribution in [0.1, 0.15) is 44.2 Å². The Bertz CT molecular complexity index is 1150. The van der Waals surface area contributed by atoms with Gasteiger partial charge in [-0.25, -0.2) is 0 Å². The van der Waals surface area contributed by atoms with Gasteiger partial charge in [-0.3, -0.25) is 0 Å². The van der Waals surface area contributed by atoms with Crippen molar-refractivity contribution in [2.24, 2.45) is 23.2 Å². The van der Waals surface area contributed by atoms with E-state index in [9.17, 15) is 0 Å². The highest BCUT2D eigenvalue weighted by Gasteiger charge is 2.54. The van der Waals surface area contributed by atoms with Crippen molar-refractivity contribution >= 4 is 24.0 Å². The van der Waals surface area contributed by atoms with E-state index in [2.05, 4.69) is 106 Å². The van der Waals surface area contributed by atoms with E-state index in [1.54, 1.807) is 5.19 Å². The summed E-state index contributed by atoms with van der Waals surface area (Å²) in [4.78, 5) is 0. The van der Waals surface area contributed by atoms with Crippen molar-refractivity contribution in [1.82, 2.24) is 0 Å². The van der Waals surface area contributed by atoms with Crippen LogP contribution in [0.15, 0.2) is 66.7 Å². The molecular weight excluding hydrogens is 388 g/mol. The minimum Gasteiger partial charge on any atom is -0.0654 e. The van der Waals surface area contributed by atoms with E-state index in [1.807, 2.05) is 0 Å². The van der Waals surface area contributed by atoms with E-state index in [-0.39, 0.29) is 0 Å². The lowest BCUT2D eigenvalue weighted by Gasteiger charge is -2.61. The second-order valence-corrected chi connectivity index (χ2v) is 15.9. The van der Waals surface area contributed by atoms with Gasteiger partial charge in [0.1, 0.15) is 0 Å². The van der Waals surface area contributed by atoms with Gasteiger partial charge >= 0.3 is 0 Å². The number of rotatable bonds is 3. The Balaban J connectivity index is 1.30. The molecule has 6 rings (SSSR count). The smallest absolute Gasteiger partial charge is 0.0654 e. The quantitative estimate of drug-likeness (QED) is 0.308. The van der Waals surface area contributed by atoms with Crippen LogP contribution in [-0.2, 0) is 0 Å². The Hall–Kier alpha value is -2.30. The molecule has 3 fully saturated rings. The SMILES string of the molecule is CC1(C)[C@H]2CC[C@@H](C[Si](C)(C)c3ccc(C#Cc4ccc5ccccc5c4)cc3)[C@@H]1C2. The van der Waals surface area contributed by atoms with Crippen LogP contribution in [0.3, 0.4) is 0 Å². The van der Waals surface area contributed by atoms with Crippen LogP contribution >= 0.6 is 0 Å². The van der Waals surface area contributed by atoms with Gasteiger partial charge in [0.2, 0.25) is 0 Å². The lowest BCUT2D eigenvalue weighted by molar-refractivity contribution is -0.0990. The predicted octanol–water partition coefficient (Wildman–Crippen LogP) is 7.23. The van der Waals surface area contributed by atoms with Gasteiger partial charge in [0.05, 0.1) is 8.07 Å². The summed E-state index contributed by atoms with van der Waals surface area (Å²) in [5.41, 5.74) is 2.79. The van der Waals surface area contributed by atoms with Gasteiger partial charge in [-0.05, 0) is 71.0 Å². The maximum atomic E-state index is 3.38. The first-order chi connectivity index (χ1) is 14.8. The van der Waals surface area contributed by atoms with Crippen molar-refractivity contribution in [3.8, 4) is 11.8 Å². The average molecular weight is 423 g/mol. The van der Waals surface area contributed by atoms with E-state index in [0.29, 0.717) is 5.41 Å². The first kappa shape index (κ1) is 20.6. The van der Waals surface area contributed by atoms with Crippen LogP contribution in [0.5, 0.6) is 0 Å². The molecule has 31 heavy (non-hydrogen) atoms. The van der Waals surface area contributed by atoms with Crippen LogP contribution in [0.25, 0.3) is 10.8 Å². The van der Waals surface area contributed by atoms with Crippen LogP contribution in [0.2, 0.25) is 19.1 Å². The molecule has 3 aromatic carbocycles. The van der Waals surface area contributed by atoms with E-state index in [1.165, 1.54) is 36.1 Å². The fourth-order valence-electron chi connectivity index (χ4n) is 6.40. The maximum absolute atomic E-state index is 3.38. The Morgan fingerprint density at radius 1 is 0.839 bits per heavy atom. The predicted molar refractivity (Wildman–Crippen MR) is 136 cm³/mol. The lowest BCUT2D eigenvalue weighted by atomic mass is 9.46. The van der Waals surface area contributed by atoms with Crippen LogP contribution in [0, 0.1) is 35.0 Å². The molecule has 0 aromatic heterocycles. The third-order valence-corrected chi connectivity index (χ3v) is 12.0. The zero-order chi connectivity index (χ0) is 21.6. The Labute approximate surface area is 189 Å². The Morgan fingerprint density at radius 2 is 1.52 bits per heavy atom. The molecule has 0 aliphatic heterocycles. The minimum atomic E-state index is -1.44. The van der Waals surface area contributed by atoms with Gasteiger partial charge in [-0.2, -0.15) is 0 Å². The number of fused-ring (bicyclic) bond motifs is 3. The van der Waals surface area contributed by atoms with Gasteiger partial charge < -0.3 is 0 Å². The molecule has 0 amide bonds. The van der Waals surface area contributed by atoms with Gasteiger partial charge in [0, 0.05) is 11.1 Å². The summed E-state index contributed by atoms with van der Waals surface area (Å²) in [6.07, 6.45) is 4.41. The molecule has 3 aliphatic rings. The molecule has 0 unspecified atom stereocenters. The first-order valence-electron chi connectivity index (χ1n) is 11.9. The fraction of sp³-hybridized carbons (Fsp3) is 0.400. The molecule has 0 radical (unpaired) electrons. The van der Waals surface area contributed by atoms with E-state index >= 15 is 0 Å². The lowest BCUT2D eigenvalue weighted by Crippen LogP contribution is -2.55. The molecule has 3 atom stereocenters. The molecule has 0 N–H and O–H groups in total. The van der Waals surface area contributed by atoms with Crippen molar-refractivity contribution in [2.45, 2.75) is 52.2 Å². The summed E-state index contributed by atoms with van der Waals surface area (Å²) in [7, 11) is -1.44. The average Bonchev–Trinajstić information content (AvgIpc) is 2.77. The number of hydrogen-bond donors (Lipinski definition) is 0. The molecule has 3 aromatic rings. The third kappa shape index (κ3) is 3.88. The summed E-state index contributed by atoms with van der Waals surface area (Å²) in [6.45, 7) is 10.2. The van der Waals surface area contributed by atoms with Crippen LogP contribution < -0.4 is 5.19 Å². The summed E-state index contributed by atoms with van der Waals surface area (Å²) in [5, 5.41) is 4.10. The topological polar surface area (TPSA) is 0 Å². The number of benzene rings is 3. The molecule has 3 aliphatic carbocycles. The zero-order valence-corrected chi connectivity index (χ0v) is 20.4. The molecular formula is C30H34Si. The zero-order valence-electron chi connectivity index (χ0n) is 19.4. The first-order valence-corrected chi connectivity index (χ1v) is 15.1. The maximum Gasteiger partial charge on any atom is 0.0809 e. The molecule has 1 heteroatoms. The summed E-state index contributed by atoms with van der Waals surface area (Å²) < 4.78 is 0. The van der Waals surface area contributed by atoms with Crippen LogP contribution in [0.4, 0.5) is 0 Å². The second-order valence-electron chi connectivity index (χ2n) is 11.2. The molecule has 158 valence electrons. The minimum absolute atomic E-state index is 0.593. The Morgan fingerprint density at radius 3 is 2.23 bits per heavy atom. The molecule has 0 heterocycles. The highest BCUT2D eigenvalue weighted by Crippen LogP contribution is 2.62.